The minimum atomic E-state index is -2.66. The minimum absolute atomic E-state index is 0.206. The second kappa shape index (κ2) is 11.1. The van der Waals surface area contributed by atoms with E-state index in [1.807, 2.05) is 35.2 Å². The molecule has 2 aromatic carbocycles. The fourth-order valence-corrected chi connectivity index (χ4v) is 7.83. The number of anilines is 2. The highest BCUT2D eigenvalue weighted by atomic mass is 33.3. The summed E-state index contributed by atoms with van der Waals surface area (Å²) in [5.74, 6) is -0.0901. The third-order valence-electron chi connectivity index (χ3n) is 5.81. The molecule has 0 aliphatic carbocycles. The number of rotatable bonds is 8. The lowest BCUT2D eigenvalue weighted by Crippen LogP contribution is -2.47. The van der Waals surface area contributed by atoms with Gasteiger partial charge in [-0.25, -0.2) is 17.7 Å². The summed E-state index contributed by atoms with van der Waals surface area (Å²) in [7, 11) is -1.39. The highest BCUT2D eigenvalue weighted by molar-refractivity contribution is 8.84. The third-order valence-corrected chi connectivity index (χ3v) is 10.9. The van der Waals surface area contributed by atoms with E-state index in [1.165, 1.54) is 28.7 Å². The molecule has 0 spiro atoms. The van der Waals surface area contributed by atoms with Crippen molar-refractivity contribution in [3.8, 4) is 0 Å². The molecule has 1 N–H and O–H groups in total. The van der Waals surface area contributed by atoms with Crippen LogP contribution in [0.2, 0.25) is 0 Å². The molecule has 35 heavy (non-hydrogen) atoms. The lowest BCUT2D eigenvalue weighted by atomic mass is 10.2. The molecule has 2 atom stereocenters. The molecule has 188 valence electrons. The monoisotopic (exact) mass is 538 g/mol. The molecule has 2 aliphatic rings. The number of hydrogen-bond acceptors (Lipinski definition) is 7. The minimum Gasteiger partial charge on any atom is -0.442 e. The van der Waals surface area contributed by atoms with Crippen LogP contribution in [0.4, 0.5) is 20.6 Å². The quantitative estimate of drug-likeness (QED) is 0.518. The van der Waals surface area contributed by atoms with E-state index in [0.29, 0.717) is 43.3 Å². The first-order valence-corrected chi connectivity index (χ1v) is 15.1. The highest BCUT2D eigenvalue weighted by Gasteiger charge is 2.33. The summed E-state index contributed by atoms with van der Waals surface area (Å²) >= 11 is 5.43. The van der Waals surface area contributed by atoms with E-state index in [4.69, 9.17) is 15.9 Å². The Labute approximate surface area is 213 Å². The van der Waals surface area contributed by atoms with Crippen molar-refractivity contribution in [3.05, 3.63) is 59.9 Å². The number of amides is 2. The number of piperazine rings is 1. The van der Waals surface area contributed by atoms with Crippen LogP contribution in [-0.2, 0) is 34.2 Å². The molecule has 2 fully saturated rings. The van der Waals surface area contributed by atoms with Crippen molar-refractivity contribution in [1.29, 1.82) is 0 Å². The molecule has 12 heteroatoms. The van der Waals surface area contributed by atoms with E-state index in [2.05, 4.69) is 5.32 Å². The number of carbonyl (C=O) groups excluding carboxylic acids is 2. The number of carbonyl (C=O) groups is 2. The van der Waals surface area contributed by atoms with E-state index >= 15 is 4.39 Å². The number of nitrogens with one attached hydrogen (secondary N) is 1. The Balaban J connectivity index is 1.34. The topological polar surface area (TPSA) is 82.2 Å². The number of benzene rings is 2. The predicted molar refractivity (Wildman–Crippen MR) is 140 cm³/mol. The largest absolute Gasteiger partial charge is 0.442 e. The smallest absolute Gasteiger partial charge is 0.414 e. The predicted octanol–water partition coefficient (Wildman–Crippen LogP) is 2.92. The van der Waals surface area contributed by atoms with Gasteiger partial charge in [-0.3, -0.25) is 9.69 Å². The zero-order valence-corrected chi connectivity index (χ0v) is 21.7. The van der Waals surface area contributed by atoms with Gasteiger partial charge in [0.25, 0.3) is 0 Å². The summed E-state index contributed by atoms with van der Waals surface area (Å²) in [6, 6.07) is 14.4. The van der Waals surface area contributed by atoms with Gasteiger partial charge in [0.05, 0.1) is 24.5 Å². The molecular weight excluding hydrogens is 511 g/mol. The zero-order valence-electron chi connectivity index (χ0n) is 19.2. The summed E-state index contributed by atoms with van der Waals surface area (Å²) in [5.41, 5.74) is 1.88. The third kappa shape index (κ3) is 6.43. The van der Waals surface area contributed by atoms with Crippen LogP contribution in [0.5, 0.6) is 0 Å². The molecule has 2 amide bonds. The van der Waals surface area contributed by atoms with Gasteiger partial charge in [0.1, 0.15) is 19.6 Å². The fourth-order valence-electron chi connectivity index (χ4n) is 3.96. The van der Waals surface area contributed by atoms with Crippen molar-refractivity contribution < 1.29 is 22.9 Å². The first-order chi connectivity index (χ1) is 16.7. The molecule has 0 aromatic heterocycles. The summed E-state index contributed by atoms with van der Waals surface area (Å²) in [5, 5.41) is 2.62. The van der Waals surface area contributed by atoms with Crippen LogP contribution < -0.4 is 15.1 Å². The van der Waals surface area contributed by atoms with Gasteiger partial charge in [-0.1, -0.05) is 30.3 Å². The Bertz CT molecular complexity index is 1170. The molecule has 0 saturated carbocycles. The van der Waals surface area contributed by atoms with Crippen molar-refractivity contribution in [2.75, 3.05) is 49.1 Å². The molecule has 0 unspecified atom stereocenters. The molecule has 0 radical (unpaired) electrons. The first kappa shape index (κ1) is 25.7. The number of nitrogens with zero attached hydrogens (tertiary/aromatic N) is 3. The Morgan fingerprint density at radius 2 is 1.91 bits per heavy atom. The molecule has 2 saturated heterocycles. The van der Waals surface area contributed by atoms with Gasteiger partial charge in [0.15, 0.2) is 0 Å². The summed E-state index contributed by atoms with van der Waals surface area (Å²) in [6.07, 6.45) is -1.07. The van der Waals surface area contributed by atoms with E-state index in [0.717, 1.165) is 5.56 Å². The van der Waals surface area contributed by atoms with Gasteiger partial charge in [-0.15, -0.1) is 0 Å². The maximum atomic E-state index is 15.0. The van der Waals surface area contributed by atoms with E-state index in [-0.39, 0.29) is 19.0 Å². The standard InChI is InChI=1S/C23H27FN4O4S3/c1-17(29)25-14-20-15-28(23(30)32-20)19-7-8-22(21(24)13-19)26-9-11-27(12-10-26)35(31,33)34-16-18-5-3-2-4-6-18/h2-8,13,20H,9-12,14-16H2,1H3,(H,25,29)/t20-,35-/m0/s1. The Morgan fingerprint density at radius 1 is 1.20 bits per heavy atom. The molecule has 2 aromatic rings. The second-order valence-electron chi connectivity index (χ2n) is 8.28. The molecular formula is C23H27FN4O4S3. The summed E-state index contributed by atoms with van der Waals surface area (Å²) < 4.78 is 35.2. The van der Waals surface area contributed by atoms with Crippen LogP contribution in [0, 0.1) is 5.82 Å². The molecule has 0 bridgehead atoms. The van der Waals surface area contributed by atoms with Crippen molar-refractivity contribution in [1.82, 2.24) is 9.62 Å². The lowest BCUT2D eigenvalue weighted by Gasteiger charge is -2.36. The molecule has 2 heterocycles. The Morgan fingerprint density at radius 3 is 2.57 bits per heavy atom. The van der Waals surface area contributed by atoms with E-state index in [9.17, 15) is 13.8 Å². The van der Waals surface area contributed by atoms with Crippen LogP contribution in [0.15, 0.2) is 48.5 Å². The maximum absolute atomic E-state index is 15.0. The van der Waals surface area contributed by atoms with Gasteiger partial charge < -0.3 is 15.0 Å². The lowest BCUT2D eigenvalue weighted by molar-refractivity contribution is -0.119. The Kier molecular flexibility index (Phi) is 8.15. The van der Waals surface area contributed by atoms with Crippen LogP contribution in [-0.4, -0.2) is 65.9 Å². The molecule has 4 rings (SSSR count). The number of cyclic esters (lactones) is 1. The van der Waals surface area contributed by atoms with Gasteiger partial charge in [0, 0.05) is 50.0 Å². The number of halogens is 1. The van der Waals surface area contributed by atoms with Crippen molar-refractivity contribution in [2.24, 2.45) is 0 Å². The fraction of sp³-hybridized carbons (Fsp3) is 0.391. The van der Waals surface area contributed by atoms with Crippen molar-refractivity contribution in [2.45, 2.75) is 18.8 Å². The normalized spacial score (nSPS) is 20.4. The van der Waals surface area contributed by atoms with Crippen LogP contribution in [0.1, 0.15) is 12.5 Å². The van der Waals surface area contributed by atoms with Gasteiger partial charge in [-0.2, -0.15) is 0 Å². The SMILES string of the molecule is CC(=O)NC[C@H]1CN(c2ccc(N3CCN([S@](=O)(=S)SCc4ccccc4)CC3)c(F)c2)C(=O)O1. The van der Waals surface area contributed by atoms with E-state index < -0.39 is 25.7 Å². The number of hydrogen-bond donors (Lipinski definition) is 1. The molecule has 8 nitrogen and oxygen atoms in total. The first-order valence-electron chi connectivity index (χ1n) is 11.2. The van der Waals surface area contributed by atoms with Crippen LogP contribution in [0.3, 0.4) is 0 Å². The number of ether oxygens (including phenoxy) is 1. The van der Waals surface area contributed by atoms with Crippen LogP contribution >= 0.6 is 10.8 Å². The molecule has 2 aliphatic heterocycles. The summed E-state index contributed by atoms with van der Waals surface area (Å²) in [6.45, 7) is 3.73. The van der Waals surface area contributed by atoms with Gasteiger partial charge in [-0.05, 0) is 34.6 Å². The van der Waals surface area contributed by atoms with E-state index in [1.54, 1.807) is 16.4 Å². The van der Waals surface area contributed by atoms with Crippen LogP contribution in [0.25, 0.3) is 0 Å². The zero-order chi connectivity index (χ0) is 25.0. The van der Waals surface area contributed by atoms with Gasteiger partial charge in [0.2, 0.25) is 5.91 Å². The van der Waals surface area contributed by atoms with Gasteiger partial charge >= 0.3 is 6.09 Å². The maximum Gasteiger partial charge on any atom is 0.414 e. The average Bonchev–Trinajstić information content (AvgIpc) is 3.23. The Hall–Kier alpha value is -2.41. The second-order valence-corrected chi connectivity index (χ2v) is 14.2. The van der Waals surface area contributed by atoms with Crippen molar-refractivity contribution in [3.63, 3.8) is 0 Å². The highest BCUT2D eigenvalue weighted by Crippen LogP contribution is 2.30. The van der Waals surface area contributed by atoms with Crippen molar-refractivity contribution >= 4 is 53.1 Å². The summed E-state index contributed by atoms with van der Waals surface area (Å²) in [4.78, 5) is 26.6. The average molecular weight is 539 g/mol.